The van der Waals surface area contributed by atoms with Crippen LogP contribution in [0, 0.1) is 17.8 Å². The van der Waals surface area contributed by atoms with Crippen LogP contribution in [0.1, 0.15) is 48.5 Å². The Bertz CT molecular complexity index is 859. The SMILES string of the molecule is C[C@H](NC(=O)c1ccccc1-c1ccc(C(F)(F)F)cc1)[C@H]1C[C@H]2CC[C@H]1C2. The molecule has 0 saturated heterocycles. The first kappa shape index (κ1) is 19.0. The molecule has 0 unspecified atom stereocenters. The number of halogens is 3. The standard InChI is InChI=1S/C23H24F3NO/c1-14(21-13-15-6-7-17(21)12-15)27-22(28)20-5-3-2-4-19(20)16-8-10-18(11-9-16)23(24,25)26/h2-5,8-11,14-15,17,21H,6-7,12-13H2,1H3,(H,27,28)/t14-,15-,17-,21+/m0/s1. The van der Waals surface area contributed by atoms with Gasteiger partial charge in [0.25, 0.3) is 5.91 Å². The fraction of sp³-hybridized carbons (Fsp3) is 0.435. The van der Waals surface area contributed by atoms with Gasteiger partial charge in [0.05, 0.1) is 5.56 Å². The van der Waals surface area contributed by atoms with E-state index in [1.54, 1.807) is 24.3 Å². The molecule has 2 aliphatic carbocycles. The van der Waals surface area contributed by atoms with Crippen molar-refractivity contribution in [3.8, 4) is 11.1 Å². The van der Waals surface area contributed by atoms with E-state index in [1.807, 2.05) is 0 Å². The monoisotopic (exact) mass is 387 g/mol. The van der Waals surface area contributed by atoms with Crippen molar-refractivity contribution < 1.29 is 18.0 Å². The van der Waals surface area contributed by atoms with Crippen LogP contribution >= 0.6 is 0 Å². The summed E-state index contributed by atoms with van der Waals surface area (Å²) in [6, 6.07) is 12.2. The molecular weight excluding hydrogens is 363 g/mol. The number of carbonyl (C=O) groups excluding carboxylic acids is 1. The van der Waals surface area contributed by atoms with Crippen molar-refractivity contribution in [1.82, 2.24) is 5.32 Å². The first-order chi connectivity index (χ1) is 13.3. The topological polar surface area (TPSA) is 29.1 Å². The highest BCUT2D eigenvalue weighted by Crippen LogP contribution is 2.49. The minimum absolute atomic E-state index is 0.100. The van der Waals surface area contributed by atoms with Crippen molar-refractivity contribution in [2.75, 3.05) is 0 Å². The zero-order valence-electron chi connectivity index (χ0n) is 15.8. The lowest BCUT2D eigenvalue weighted by Crippen LogP contribution is -2.40. The lowest BCUT2D eigenvalue weighted by molar-refractivity contribution is -0.137. The zero-order chi connectivity index (χ0) is 19.9. The molecule has 0 spiro atoms. The summed E-state index contributed by atoms with van der Waals surface area (Å²) < 4.78 is 38.5. The summed E-state index contributed by atoms with van der Waals surface area (Å²) in [5.74, 6) is 1.89. The quantitative estimate of drug-likeness (QED) is 0.692. The number of rotatable bonds is 4. The van der Waals surface area contributed by atoms with E-state index in [2.05, 4.69) is 12.2 Å². The van der Waals surface area contributed by atoms with Gasteiger partial charge < -0.3 is 5.32 Å². The summed E-state index contributed by atoms with van der Waals surface area (Å²) in [5, 5.41) is 3.15. The number of fused-ring (bicyclic) bond motifs is 2. The van der Waals surface area contributed by atoms with E-state index in [0.29, 0.717) is 28.5 Å². The second-order valence-corrected chi connectivity index (χ2v) is 8.22. The Labute approximate surface area is 163 Å². The maximum Gasteiger partial charge on any atom is 0.416 e. The molecule has 28 heavy (non-hydrogen) atoms. The van der Waals surface area contributed by atoms with Crippen molar-refractivity contribution in [1.29, 1.82) is 0 Å². The number of amides is 1. The molecule has 4 rings (SSSR count). The second-order valence-electron chi connectivity index (χ2n) is 8.22. The predicted molar refractivity (Wildman–Crippen MR) is 103 cm³/mol. The molecule has 148 valence electrons. The normalized spacial score (nSPS) is 24.9. The molecule has 2 nitrogen and oxygen atoms in total. The van der Waals surface area contributed by atoms with Crippen LogP contribution in [0.3, 0.4) is 0 Å². The Kier molecular flexibility index (Phi) is 4.94. The van der Waals surface area contributed by atoms with Crippen LogP contribution < -0.4 is 5.32 Å². The number of nitrogens with one attached hydrogen (secondary N) is 1. The number of alkyl halides is 3. The van der Waals surface area contributed by atoms with Gasteiger partial charge in [0.2, 0.25) is 0 Å². The van der Waals surface area contributed by atoms with E-state index in [0.717, 1.165) is 18.1 Å². The Hall–Kier alpha value is -2.30. The van der Waals surface area contributed by atoms with Crippen LogP contribution in [0.2, 0.25) is 0 Å². The van der Waals surface area contributed by atoms with Crippen LogP contribution in [-0.4, -0.2) is 11.9 Å². The maximum absolute atomic E-state index is 12.9. The van der Waals surface area contributed by atoms with Gasteiger partial charge in [0.15, 0.2) is 0 Å². The van der Waals surface area contributed by atoms with Gasteiger partial charge in [0.1, 0.15) is 0 Å². The summed E-state index contributed by atoms with van der Waals surface area (Å²) in [6.45, 7) is 2.07. The van der Waals surface area contributed by atoms with Gasteiger partial charge in [-0.3, -0.25) is 4.79 Å². The summed E-state index contributed by atoms with van der Waals surface area (Å²) in [4.78, 5) is 12.9. The first-order valence-corrected chi connectivity index (χ1v) is 9.90. The van der Waals surface area contributed by atoms with E-state index >= 15 is 0 Å². The molecule has 0 aliphatic heterocycles. The molecule has 2 aliphatic rings. The third-order valence-corrected chi connectivity index (χ3v) is 6.49. The summed E-state index contributed by atoms with van der Waals surface area (Å²) in [5.41, 5.74) is 1.06. The van der Waals surface area contributed by atoms with Crippen LogP contribution in [0.15, 0.2) is 48.5 Å². The highest BCUT2D eigenvalue weighted by atomic mass is 19.4. The van der Waals surface area contributed by atoms with Gasteiger partial charge in [-0.25, -0.2) is 0 Å². The Balaban J connectivity index is 1.53. The number of hydrogen-bond donors (Lipinski definition) is 1. The molecule has 2 fully saturated rings. The van der Waals surface area contributed by atoms with Gasteiger partial charge in [0, 0.05) is 11.6 Å². The lowest BCUT2D eigenvalue weighted by atomic mass is 9.84. The second kappa shape index (κ2) is 7.26. The van der Waals surface area contributed by atoms with Gasteiger partial charge in [-0.05, 0) is 73.3 Å². The lowest BCUT2D eigenvalue weighted by Gasteiger charge is -2.28. The maximum atomic E-state index is 12.9. The average molecular weight is 387 g/mol. The van der Waals surface area contributed by atoms with E-state index in [4.69, 9.17) is 0 Å². The molecule has 5 heteroatoms. The minimum atomic E-state index is -4.37. The molecule has 2 aromatic carbocycles. The minimum Gasteiger partial charge on any atom is -0.349 e. The van der Waals surface area contributed by atoms with Gasteiger partial charge in [-0.2, -0.15) is 13.2 Å². The highest BCUT2D eigenvalue weighted by Gasteiger charge is 2.42. The number of hydrogen-bond acceptors (Lipinski definition) is 1. The fourth-order valence-electron chi connectivity index (χ4n) is 5.07. The van der Waals surface area contributed by atoms with Crippen LogP contribution in [0.5, 0.6) is 0 Å². The molecule has 4 atom stereocenters. The molecular formula is C23H24F3NO. The summed E-state index contributed by atoms with van der Waals surface area (Å²) in [6.07, 6.45) is 0.682. The van der Waals surface area contributed by atoms with Crippen molar-refractivity contribution in [3.05, 3.63) is 59.7 Å². The van der Waals surface area contributed by atoms with Crippen molar-refractivity contribution in [2.45, 2.75) is 44.8 Å². The van der Waals surface area contributed by atoms with Crippen LogP contribution in [0.25, 0.3) is 11.1 Å². The number of benzene rings is 2. The largest absolute Gasteiger partial charge is 0.416 e. The van der Waals surface area contributed by atoms with E-state index in [9.17, 15) is 18.0 Å². The third kappa shape index (κ3) is 3.67. The van der Waals surface area contributed by atoms with Crippen molar-refractivity contribution in [2.24, 2.45) is 17.8 Å². The zero-order valence-corrected chi connectivity index (χ0v) is 15.8. The van der Waals surface area contributed by atoms with Crippen molar-refractivity contribution >= 4 is 5.91 Å². The fourth-order valence-corrected chi connectivity index (χ4v) is 5.07. The molecule has 1 amide bonds. The summed E-state index contributed by atoms with van der Waals surface area (Å²) in [7, 11) is 0. The molecule has 2 saturated carbocycles. The predicted octanol–water partition coefficient (Wildman–Crippen LogP) is 5.93. The van der Waals surface area contributed by atoms with Crippen LogP contribution in [-0.2, 0) is 6.18 Å². The Morgan fingerprint density at radius 2 is 1.75 bits per heavy atom. The molecule has 0 aromatic heterocycles. The Morgan fingerprint density at radius 1 is 1.04 bits per heavy atom. The first-order valence-electron chi connectivity index (χ1n) is 9.90. The highest BCUT2D eigenvalue weighted by molar-refractivity contribution is 6.01. The van der Waals surface area contributed by atoms with E-state index in [-0.39, 0.29) is 11.9 Å². The van der Waals surface area contributed by atoms with Gasteiger partial charge >= 0.3 is 6.18 Å². The number of carbonyl (C=O) groups is 1. The third-order valence-electron chi connectivity index (χ3n) is 6.49. The van der Waals surface area contributed by atoms with Gasteiger partial charge in [-0.1, -0.05) is 36.8 Å². The Morgan fingerprint density at radius 3 is 2.36 bits per heavy atom. The molecule has 2 aromatic rings. The summed E-state index contributed by atoms with van der Waals surface area (Å²) >= 11 is 0. The van der Waals surface area contributed by atoms with E-state index in [1.165, 1.54) is 37.8 Å². The van der Waals surface area contributed by atoms with Crippen molar-refractivity contribution in [3.63, 3.8) is 0 Å². The molecule has 1 N–H and O–H groups in total. The van der Waals surface area contributed by atoms with Crippen LogP contribution in [0.4, 0.5) is 13.2 Å². The molecule has 0 heterocycles. The molecule has 2 bridgehead atoms. The average Bonchev–Trinajstić information content (AvgIpc) is 3.31. The van der Waals surface area contributed by atoms with E-state index < -0.39 is 11.7 Å². The van der Waals surface area contributed by atoms with Gasteiger partial charge in [-0.15, -0.1) is 0 Å². The smallest absolute Gasteiger partial charge is 0.349 e. The molecule has 0 radical (unpaired) electrons.